The fraction of sp³-hybridized carbons (Fsp3) is 0.429. The molecule has 0 aliphatic rings. The summed E-state index contributed by atoms with van der Waals surface area (Å²) in [4.78, 5) is 22.0. The third kappa shape index (κ3) is 3.32. The van der Waals surface area contributed by atoms with Crippen molar-refractivity contribution in [3.8, 4) is 0 Å². The van der Waals surface area contributed by atoms with Gasteiger partial charge in [-0.2, -0.15) is 0 Å². The van der Waals surface area contributed by atoms with E-state index in [1.807, 2.05) is 0 Å². The highest BCUT2D eigenvalue weighted by Gasteiger charge is 2.20. The Kier molecular flexibility index (Phi) is 4.11. The summed E-state index contributed by atoms with van der Waals surface area (Å²) >= 11 is 0. The second-order valence-electron chi connectivity index (χ2n) is 5.18. The van der Waals surface area contributed by atoms with E-state index in [0.29, 0.717) is 0 Å². The van der Waals surface area contributed by atoms with Gasteiger partial charge in [-0.1, -0.05) is 33.3 Å². The predicted octanol–water partition coefficient (Wildman–Crippen LogP) is 3.06. The Hall–Kier alpha value is -1.84. The molecule has 2 N–H and O–H groups in total. The Morgan fingerprint density at radius 1 is 1.11 bits per heavy atom. The minimum Gasteiger partial charge on any atom is -0.478 e. The van der Waals surface area contributed by atoms with E-state index in [0.717, 1.165) is 18.4 Å². The summed E-state index contributed by atoms with van der Waals surface area (Å²) in [5.74, 6) is -2.42. The van der Waals surface area contributed by atoms with Gasteiger partial charge in [-0.05, 0) is 29.5 Å². The van der Waals surface area contributed by atoms with E-state index < -0.39 is 11.9 Å². The first-order valence-electron chi connectivity index (χ1n) is 5.86. The monoisotopic (exact) mass is 250 g/mol. The Bertz CT molecular complexity index is 475. The van der Waals surface area contributed by atoms with Gasteiger partial charge in [0, 0.05) is 0 Å². The lowest BCUT2D eigenvalue weighted by molar-refractivity contribution is 0.0651. The van der Waals surface area contributed by atoms with Crippen molar-refractivity contribution in [2.45, 2.75) is 33.6 Å². The first-order valence-corrected chi connectivity index (χ1v) is 5.86. The fourth-order valence-electron chi connectivity index (χ4n) is 1.74. The van der Waals surface area contributed by atoms with Crippen molar-refractivity contribution in [3.05, 3.63) is 34.9 Å². The maximum atomic E-state index is 11.1. The van der Waals surface area contributed by atoms with Crippen LogP contribution in [0.1, 0.15) is 53.5 Å². The molecule has 0 aliphatic heterocycles. The Balaban J connectivity index is 3.16. The fourth-order valence-corrected chi connectivity index (χ4v) is 1.74. The number of benzene rings is 1. The van der Waals surface area contributed by atoms with Crippen molar-refractivity contribution in [2.75, 3.05) is 0 Å². The van der Waals surface area contributed by atoms with Crippen molar-refractivity contribution in [1.82, 2.24) is 0 Å². The van der Waals surface area contributed by atoms with Gasteiger partial charge >= 0.3 is 11.9 Å². The molecule has 0 aliphatic carbocycles. The zero-order chi connectivity index (χ0) is 13.9. The molecule has 0 bridgehead atoms. The van der Waals surface area contributed by atoms with Crippen LogP contribution >= 0.6 is 0 Å². The molecule has 0 spiro atoms. The van der Waals surface area contributed by atoms with E-state index in [1.165, 1.54) is 12.1 Å². The van der Waals surface area contributed by atoms with Crippen LogP contribution in [0.2, 0.25) is 0 Å². The zero-order valence-electron chi connectivity index (χ0n) is 10.9. The van der Waals surface area contributed by atoms with Crippen LogP contribution < -0.4 is 0 Å². The topological polar surface area (TPSA) is 74.6 Å². The second kappa shape index (κ2) is 5.21. The average molecular weight is 250 g/mol. The molecule has 1 rings (SSSR count). The number of carbonyl (C=O) groups is 2. The number of carboxylic acids is 2. The summed E-state index contributed by atoms with van der Waals surface area (Å²) in [5, 5.41) is 18.0. The van der Waals surface area contributed by atoms with Crippen molar-refractivity contribution >= 4 is 11.9 Å². The van der Waals surface area contributed by atoms with Gasteiger partial charge in [0.05, 0.1) is 11.1 Å². The molecule has 0 saturated heterocycles. The first kappa shape index (κ1) is 14.2. The van der Waals surface area contributed by atoms with Crippen molar-refractivity contribution in [1.29, 1.82) is 0 Å². The molecule has 4 nitrogen and oxygen atoms in total. The third-order valence-corrected chi connectivity index (χ3v) is 3.18. The molecule has 0 amide bonds. The minimum absolute atomic E-state index is 0.0700. The molecule has 98 valence electrons. The summed E-state index contributed by atoms with van der Waals surface area (Å²) in [7, 11) is 0. The number of hydrogen-bond donors (Lipinski definition) is 2. The summed E-state index contributed by atoms with van der Waals surface area (Å²) in [6.07, 6.45) is 1.69. The molecule has 0 fully saturated rings. The number of rotatable bonds is 5. The molecular weight excluding hydrogens is 232 g/mol. The van der Waals surface area contributed by atoms with E-state index >= 15 is 0 Å². The van der Waals surface area contributed by atoms with Gasteiger partial charge in [0.25, 0.3) is 0 Å². The van der Waals surface area contributed by atoms with Crippen LogP contribution in [0.3, 0.4) is 0 Å². The van der Waals surface area contributed by atoms with Crippen LogP contribution in [0.5, 0.6) is 0 Å². The molecule has 0 aromatic heterocycles. The molecule has 18 heavy (non-hydrogen) atoms. The number of carboxylic acid groups (broad SMARTS) is 2. The van der Waals surface area contributed by atoms with E-state index in [9.17, 15) is 9.59 Å². The summed E-state index contributed by atoms with van der Waals surface area (Å²) in [6, 6.07) is 4.52. The summed E-state index contributed by atoms with van der Waals surface area (Å²) in [5.41, 5.74) is 0.609. The molecule has 0 saturated carbocycles. The Morgan fingerprint density at radius 2 is 1.67 bits per heavy atom. The number of hydrogen-bond acceptors (Lipinski definition) is 2. The van der Waals surface area contributed by atoms with Crippen LogP contribution in [0.4, 0.5) is 0 Å². The zero-order valence-corrected chi connectivity index (χ0v) is 10.9. The van der Waals surface area contributed by atoms with Crippen LogP contribution in [0, 0.1) is 5.41 Å². The van der Waals surface area contributed by atoms with Gasteiger partial charge in [-0.15, -0.1) is 0 Å². The van der Waals surface area contributed by atoms with Crippen molar-refractivity contribution in [3.63, 3.8) is 0 Å². The normalized spacial score (nSPS) is 11.3. The predicted molar refractivity (Wildman–Crippen MR) is 68.1 cm³/mol. The van der Waals surface area contributed by atoms with E-state index in [2.05, 4.69) is 20.8 Å². The standard InChI is InChI=1S/C14H18O4/c1-4-14(2,3)8-9-5-6-10(12(15)16)11(7-9)13(17)18/h5-7H,4,8H2,1-3H3,(H,15,16)(H,17,18). The quantitative estimate of drug-likeness (QED) is 0.842. The second-order valence-corrected chi connectivity index (χ2v) is 5.18. The van der Waals surface area contributed by atoms with Gasteiger partial charge in [0.15, 0.2) is 0 Å². The van der Waals surface area contributed by atoms with Crippen molar-refractivity contribution in [2.24, 2.45) is 5.41 Å². The largest absolute Gasteiger partial charge is 0.478 e. The molecule has 1 aromatic carbocycles. The van der Waals surface area contributed by atoms with Gasteiger partial charge in [-0.3, -0.25) is 0 Å². The molecule has 0 unspecified atom stereocenters. The molecular formula is C14H18O4. The SMILES string of the molecule is CCC(C)(C)Cc1ccc(C(=O)O)c(C(=O)O)c1. The third-order valence-electron chi connectivity index (χ3n) is 3.18. The van der Waals surface area contributed by atoms with E-state index in [4.69, 9.17) is 10.2 Å². The van der Waals surface area contributed by atoms with Crippen LogP contribution in [0.25, 0.3) is 0 Å². The van der Waals surface area contributed by atoms with E-state index in [-0.39, 0.29) is 16.5 Å². The van der Waals surface area contributed by atoms with Gasteiger partial charge < -0.3 is 10.2 Å². The van der Waals surface area contributed by atoms with Crippen LogP contribution in [-0.4, -0.2) is 22.2 Å². The summed E-state index contributed by atoms with van der Waals surface area (Å²) in [6.45, 7) is 6.26. The lowest BCUT2D eigenvalue weighted by Crippen LogP contribution is -2.15. The lowest BCUT2D eigenvalue weighted by atomic mass is 9.83. The van der Waals surface area contributed by atoms with Gasteiger partial charge in [0.2, 0.25) is 0 Å². The number of aromatic carboxylic acids is 2. The molecule has 0 heterocycles. The highest BCUT2D eigenvalue weighted by atomic mass is 16.4. The smallest absolute Gasteiger partial charge is 0.336 e. The van der Waals surface area contributed by atoms with Crippen LogP contribution in [-0.2, 0) is 6.42 Å². The molecule has 4 heteroatoms. The maximum Gasteiger partial charge on any atom is 0.336 e. The van der Waals surface area contributed by atoms with Gasteiger partial charge in [-0.25, -0.2) is 9.59 Å². The Labute approximate surface area is 106 Å². The van der Waals surface area contributed by atoms with Gasteiger partial charge in [0.1, 0.15) is 0 Å². The molecule has 1 aromatic rings. The first-order chi connectivity index (χ1) is 8.26. The Morgan fingerprint density at radius 3 is 2.11 bits per heavy atom. The molecule has 0 atom stereocenters. The highest BCUT2D eigenvalue weighted by molar-refractivity contribution is 6.01. The van der Waals surface area contributed by atoms with E-state index in [1.54, 1.807) is 6.07 Å². The van der Waals surface area contributed by atoms with Crippen molar-refractivity contribution < 1.29 is 19.8 Å². The minimum atomic E-state index is -1.21. The lowest BCUT2D eigenvalue weighted by Gasteiger charge is -2.22. The maximum absolute atomic E-state index is 11.1. The highest BCUT2D eigenvalue weighted by Crippen LogP contribution is 2.26. The van der Waals surface area contributed by atoms with Crippen LogP contribution in [0.15, 0.2) is 18.2 Å². The molecule has 0 radical (unpaired) electrons. The summed E-state index contributed by atoms with van der Waals surface area (Å²) < 4.78 is 0. The average Bonchev–Trinajstić information content (AvgIpc) is 2.28.